The maximum Gasteiger partial charge on any atom is 0.248 e. The van der Waals surface area contributed by atoms with Gasteiger partial charge in [-0.15, -0.1) is 0 Å². The summed E-state index contributed by atoms with van der Waals surface area (Å²) in [6.45, 7) is 4.01. The van der Waals surface area contributed by atoms with Crippen LogP contribution in [0, 0.1) is 5.92 Å². The molecule has 12 heteroatoms. The molecule has 1 aromatic carbocycles. The van der Waals surface area contributed by atoms with E-state index < -0.39 is 63.0 Å². The number of aliphatic hydroxyl groups excluding tert-OH is 3. The molecule has 6 N–H and O–H groups in total. The molecule has 1 saturated carbocycles. The van der Waals surface area contributed by atoms with E-state index in [0.29, 0.717) is 17.7 Å². The fraction of sp³-hybridized carbons (Fsp3) is 0.581. The highest BCUT2D eigenvalue weighted by Crippen LogP contribution is 2.28. The number of rotatable bonds is 14. The fourth-order valence-corrected chi connectivity index (χ4v) is 6.20. The van der Waals surface area contributed by atoms with Crippen molar-refractivity contribution in [2.75, 3.05) is 12.4 Å². The summed E-state index contributed by atoms with van der Waals surface area (Å²) in [7, 11) is -3.76. The quantitative estimate of drug-likeness (QED) is 0.174. The van der Waals surface area contributed by atoms with E-state index in [4.69, 9.17) is 0 Å². The second kappa shape index (κ2) is 15.6. The topological polar surface area (TPSA) is 182 Å². The summed E-state index contributed by atoms with van der Waals surface area (Å²) in [6, 6.07) is 6.79. The molecule has 0 bridgehead atoms. The summed E-state index contributed by atoms with van der Waals surface area (Å²) in [5, 5.41) is 36.1. The average Bonchev–Trinajstić information content (AvgIpc) is 3.49. The summed E-state index contributed by atoms with van der Waals surface area (Å²) >= 11 is 0. The van der Waals surface area contributed by atoms with Crippen molar-refractivity contribution in [1.82, 2.24) is 20.6 Å². The van der Waals surface area contributed by atoms with Crippen LogP contribution in [0.4, 0.5) is 0 Å². The molecule has 0 aliphatic heterocycles. The molecule has 3 rings (SSSR count). The Hall–Kier alpha value is -3.06. The lowest BCUT2D eigenvalue weighted by atomic mass is 9.83. The minimum absolute atomic E-state index is 0.0109. The molecule has 1 aromatic heterocycles. The molecule has 0 spiro atoms. The molecule has 238 valence electrons. The van der Waals surface area contributed by atoms with Crippen LogP contribution in [0.25, 0.3) is 6.08 Å². The van der Waals surface area contributed by atoms with Gasteiger partial charge in [0, 0.05) is 23.9 Å². The van der Waals surface area contributed by atoms with Crippen molar-refractivity contribution in [1.29, 1.82) is 0 Å². The molecular weight excluding hydrogens is 572 g/mol. The van der Waals surface area contributed by atoms with Crippen LogP contribution >= 0.6 is 0 Å². The molecule has 11 nitrogen and oxygen atoms in total. The molecule has 2 aromatic rings. The van der Waals surface area contributed by atoms with Gasteiger partial charge in [-0.05, 0) is 44.7 Å². The molecule has 1 aliphatic rings. The van der Waals surface area contributed by atoms with Gasteiger partial charge in [0.1, 0.15) is 18.2 Å². The van der Waals surface area contributed by atoms with Gasteiger partial charge in [0.25, 0.3) is 0 Å². The van der Waals surface area contributed by atoms with Crippen LogP contribution in [0.3, 0.4) is 0 Å². The number of carbonyl (C=O) groups excluding carboxylic acids is 2. The molecule has 1 aliphatic carbocycles. The normalized spacial score (nSPS) is 18.0. The number of aromatic nitrogens is 2. The number of aromatic amines is 1. The molecule has 1 heterocycles. The van der Waals surface area contributed by atoms with Gasteiger partial charge in [-0.3, -0.25) is 9.59 Å². The zero-order valence-corrected chi connectivity index (χ0v) is 26.0. The summed E-state index contributed by atoms with van der Waals surface area (Å²) in [5.41, 5.74) is 1.15. The van der Waals surface area contributed by atoms with Crippen LogP contribution in [0.5, 0.6) is 0 Å². The number of aliphatic hydroxyl groups is 3. The van der Waals surface area contributed by atoms with Crippen molar-refractivity contribution in [2.45, 2.75) is 94.8 Å². The second-order valence-electron chi connectivity index (χ2n) is 12.4. The maximum absolute atomic E-state index is 13.7. The van der Waals surface area contributed by atoms with Crippen LogP contribution in [-0.4, -0.2) is 86.9 Å². The van der Waals surface area contributed by atoms with E-state index in [1.165, 1.54) is 18.6 Å². The zero-order chi connectivity index (χ0) is 31.6. The number of carbonyl (C=O) groups is 2. The van der Waals surface area contributed by atoms with Gasteiger partial charge in [0.05, 0.1) is 29.5 Å². The number of amides is 2. The standard InChI is InChI=1S/C31H46N4O7S/c1-31(2,3)43(41,42)19-23(14-21-10-6-4-7-11-21)29(39)35-26(16-24-17-32-20-33-24)30(40)34-25(28(38)27(37)18-36)15-22-12-8-5-9-13-22/h4,6-7,10-11,14,17,20,22,25-28,36-38H,5,8-9,12-13,15-16,18-19H2,1-3H3,(H,32,33)(H,34,40)(H,35,39)/t25-,26-,27-,28+/m0/s1. The number of sulfone groups is 1. The molecule has 43 heavy (non-hydrogen) atoms. The summed E-state index contributed by atoms with van der Waals surface area (Å²) in [6.07, 6.45) is 7.03. The fourth-order valence-electron chi connectivity index (χ4n) is 5.15. The summed E-state index contributed by atoms with van der Waals surface area (Å²) < 4.78 is 25.2. The van der Waals surface area contributed by atoms with Gasteiger partial charge in [-0.25, -0.2) is 13.4 Å². The Morgan fingerprint density at radius 3 is 2.35 bits per heavy atom. The van der Waals surface area contributed by atoms with E-state index in [0.717, 1.165) is 32.1 Å². The molecular formula is C31H46N4O7S. The lowest BCUT2D eigenvalue weighted by molar-refractivity contribution is -0.129. The predicted octanol–water partition coefficient (Wildman–Crippen LogP) is 1.90. The maximum atomic E-state index is 13.7. The molecule has 2 amide bonds. The van der Waals surface area contributed by atoms with E-state index in [-0.39, 0.29) is 17.9 Å². The Balaban J connectivity index is 1.90. The molecule has 1 fully saturated rings. The van der Waals surface area contributed by atoms with E-state index in [2.05, 4.69) is 20.6 Å². The summed E-state index contributed by atoms with van der Waals surface area (Å²) in [4.78, 5) is 34.4. The highest BCUT2D eigenvalue weighted by Gasteiger charge is 2.35. The minimum Gasteiger partial charge on any atom is -0.394 e. The SMILES string of the molecule is CC(C)(C)S(=O)(=O)CC(=Cc1ccccc1)C(=O)N[C@@H](Cc1cnc[nH]1)C(=O)N[C@@H](CC1CCCCC1)[C@@H](O)[C@@H](O)CO. The number of hydrogen-bond donors (Lipinski definition) is 6. The van der Waals surface area contributed by atoms with Crippen molar-refractivity contribution in [2.24, 2.45) is 5.92 Å². The van der Waals surface area contributed by atoms with E-state index in [1.807, 2.05) is 0 Å². The van der Waals surface area contributed by atoms with Crippen molar-refractivity contribution in [3.63, 3.8) is 0 Å². The van der Waals surface area contributed by atoms with E-state index >= 15 is 0 Å². The number of imidazole rings is 1. The van der Waals surface area contributed by atoms with Gasteiger partial charge >= 0.3 is 0 Å². The Labute approximate surface area is 254 Å². The molecule has 0 saturated heterocycles. The van der Waals surface area contributed by atoms with Gasteiger partial charge in [-0.2, -0.15) is 0 Å². The Kier molecular flexibility index (Phi) is 12.5. The van der Waals surface area contributed by atoms with Gasteiger partial charge in [0.15, 0.2) is 9.84 Å². The largest absolute Gasteiger partial charge is 0.394 e. The third-order valence-corrected chi connectivity index (χ3v) is 10.5. The predicted molar refractivity (Wildman–Crippen MR) is 164 cm³/mol. The number of H-pyrrole nitrogens is 1. The van der Waals surface area contributed by atoms with Gasteiger partial charge in [0.2, 0.25) is 11.8 Å². The first-order valence-corrected chi connectivity index (χ1v) is 16.5. The second-order valence-corrected chi connectivity index (χ2v) is 15.1. The van der Waals surface area contributed by atoms with Crippen LogP contribution in [0.2, 0.25) is 0 Å². The minimum atomic E-state index is -3.76. The smallest absolute Gasteiger partial charge is 0.248 e. The van der Waals surface area contributed by atoms with Gasteiger partial charge in [-0.1, -0.05) is 62.4 Å². The number of hydrogen-bond acceptors (Lipinski definition) is 8. The van der Waals surface area contributed by atoms with Crippen LogP contribution < -0.4 is 10.6 Å². The van der Waals surface area contributed by atoms with E-state index in [1.54, 1.807) is 51.1 Å². The van der Waals surface area contributed by atoms with Crippen molar-refractivity contribution >= 4 is 27.7 Å². The van der Waals surface area contributed by atoms with Crippen molar-refractivity contribution in [3.05, 3.63) is 59.7 Å². The average molecular weight is 619 g/mol. The number of nitrogens with zero attached hydrogens (tertiary/aromatic N) is 1. The summed E-state index contributed by atoms with van der Waals surface area (Å²) in [5.74, 6) is -1.66. The molecule has 0 radical (unpaired) electrons. The zero-order valence-electron chi connectivity index (χ0n) is 25.2. The van der Waals surface area contributed by atoms with Gasteiger partial charge < -0.3 is 30.9 Å². The Morgan fingerprint density at radius 1 is 1.09 bits per heavy atom. The van der Waals surface area contributed by atoms with Crippen LogP contribution in [0.15, 0.2) is 48.4 Å². The van der Waals surface area contributed by atoms with Crippen molar-refractivity contribution < 1.29 is 33.3 Å². The van der Waals surface area contributed by atoms with Crippen LogP contribution in [0.1, 0.15) is 70.6 Å². The molecule has 4 atom stereocenters. The van der Waals surface area contributed by atoms with Crippen LogP contribution in [-0.2, 0) is 25.8 Å². The lowest BCUT2D eigenvalue weighted by Gasteiger charge is -2.33. The lowest BCUT2D eigenvalue weighted by Crippen LogP contribution is -2.56. The first kappa shape index (κ1) is 34.4. The number of nitrogens with one attached hydrogen (secondary N) is 3. The molecule has 0 unspecified atom stereocenters. The highest BCUT2D eigenvalue weighted by molar-refractivity contribution is 7.92. The van der Waals surface area contributed by atoms with E-state index in [9.17, 15) is 33.3 Å². The third-order valence-electron chi connectivity index (χ3n) is 7.94. The Bertz CT molecular complexity index is 1300. The van der Waals surface area contributed by atoms with Crippen molar-refractivity contribution in [3.8, 4) is 0 Å². The highest BCUT2D eigenvalue weighted by atomic mass is 32.2. The first-order chi connectivity index (χ1) is 20.3. The first-order valence-electron chi connectivity index (χ1n) is 14.8. The monoisotopic (exact) mass is 618 g/mol. The third kappa shape index (κ3) is 10.3. The number of benzene rings is 1. The Morgan fingerprint density at radius 2 is 1.77 bits per heavy atom.